The first-order chi connectivity index (χ1) is 10.6. The molecule has 0 amide bonds. The molecule has 0 radical (unpaired) electrons. The first-order valence-corrected chi connectivity index (χ1v) is 8.00. The molecular formula is C17H18N2O2S. The van der Waals surface area contributed by atoms with Crippen LogP contribution >= 0.6 is 11.3 Å². The van der Waals surface area contributed by atoms with Gasteiger partial charge < -0.3 is 4.74 Å². The Hall–Kier alpha value is -2.14. The van der Waals surface area contributed by atoms with E-state index in [1.54, 1.807) is 29.3 Å². The van der Waals surface area contributed by atoms with Gasteiger partial charge in [-0.1, -0.05) is 12.1 Å². The fourth-order valence-corrected chi connectivity index (χ4v) is 3.46. The lowest BCUT2D eigenvalue weighted by molar-refractivity contribution is 0.414. The van der Waals surface area contributed by atoms with E-state index < -0.39 is 0 Å². The fourth-order valence-electron chi connectivity index (χ4n) is 2.47. The summed E-state index contributed by atoms with van der Waals surface area (Å²) in [6.07, 6.45) is 2.45. The number of hydrogen-bond donors (Lipinski definition) is 0. The van der Waals surface area contributed by atoms with Crippen LogP contribution in [0.3, 0.4) is 0 Å². The molecule has 0 fully saturated rings. The van der Waals surface area contributed by atoms with E-state index in [-0.39, 0.29) is 5.56 Å². The van der Waals surface area contributed by atoms with Gasteiger partial charge in [0.2, 0.25) is 0 Å². The summed E-state index contributed by atoms with van der Waals surface area (Å²) in [4.78, 5) is 19.0. The summed E-state index contributed by atoms with van der Waals surface area (Å²) >= 11 is 1.58. The van der Waals surface area contributed by atoms with Gasteiger partial charge in [-0.05, 0) is 43.5 Å². The Labute approximate surface area is 133 Å². The van der Waals surface area contributed by atoms with Crippen molar-refractivity contribution in [1.29, 1.82) is 0 Å². The lowest BCUT2D eigenvalue weighted by Crippen LogP contribution is -2.21. The van der Waals surface area contributed by atoms with Gasteiger partial charge >= 0.3 is 0 Å². The number of thiophene rings is 1. The molecule has 0 aliphatic heterocycles. The Kier molecular flexibility index (Phi) is 3.98. The predicted molar refractivity (Wildman–Crippen MR) is 90.1 cm³/mol. The predicted octanol–water partition coefficient (Wildman–Crippen LogP) is 3.33. The van der Waals surface area contributed by atoms with Gasteiger partial charge in [-0.2, -0.15) is 0 Å². The maximum atomic E-state index is 12.6. The van der Waals surface area contributed by atoms with Gasteiger partial charge in [-0.25, -0.2) is 4.98 Å². The van der Waals surface area contributed by atoms with Crippen molar-refractivity contribution in [3.63, 3.8) is 0 Å². The molecule has 0 N–H and O–H groups in total. The molecule has 0 atom stereocenters. The summed E-state index contributed by atoms with van der Waals surface area (Å²) < 4.78 is 6.85. The van der Waals surface area contributed by atoms with Gasteiger partial charge in [0.05, 0.1) is 18.8 Å². The van der Waals surface area contributed by atoms with E-state index in [0.29, 0.717) is 6.54 Å². The first-order valence-electron chi connectivity index (χ1n) is 7.18. The largest absolute Gasteiger partial charge is 0.497 e. The average molecular weight is 314 g/mol. The van der Waals surface area contributed by atoms with Gasteiger partial charge in [0.1, 0.15) is 10.6 Å². The van der Waals surface area contributed by atoms with E-state index in [0.717, 1.165) is 32.8 Å². The number of methoxy groups -OCH3 is 1. The first kappa shape index (κ1) is 14.8. The van der Waals surface area contributed by atoms with Crippen LogP contribution < -0.4 is 10.3 Å². The third-order valence-corrected chi connectivity index (χ3v) is 5.07. The molecule has 0 spiro atoms. The normalized spacial score (nSPS) is 11.0. The maximum Gasteiger partial charge on any atom is 0.262 e. The monoisotopic (exact) mass is 314 g/mol. The quantitative estimate of drug-likeness (QED) is 0.742. The van der Waals surface area contributed by atoms with Crippen molar-refractivity contribution >= 4 is 21.6 Å². The second-order valence-corrected chi connectivity index (χ2v) is 6.51. The van der Waals surface area contributed by atoms with Gasteiger partial charge in [0, 0.05) is 11.4 Å². The number of ether oxygens (including phenoxy) is 1. The van der Waals surface area contributed by atoms with Crippen molar-refractivity contribution in [2.75, 3.05) is 7.11 Å². The molecule has 5 heteroatoms. The van der Waals surface area contributed by atoms with E-state index in [4.69, 9.17) is 4.74 Å². The summed E-state index contributed by atoms with van der Waals surface area (Å²) in [6.45, 7) is 4.65. The Balaban J connectivity index is 1.86. The zero-order valence-corrected chi connectivity index (χ0v) is 13.7. The lowest BCUT2D eigenvalue weighted by Gasteiger charge is -2.06. The minimum absolute atomic E-state index is 0.0559. The molecule has 1 aromatic carbocycles. The van der Waals surface area contributed by atoms with Crippen molar-refractivity contribution in [3.05, 3.63) is 57.0 Å². The van der Waals surface area contributed by atoms with Crippen LogP contribution in [0.5, 0.6) is 5.75 Å². The molecule has 0 aliphatic carbocycles. The molecule has 114 valence electrons. The van der Waals surface area contributed by atoms with Crippen molar-refractivity contribution < 1.29 is 4.74 Å². The molecule has 0 aliphatic rings. The van der Waals surface area contributed by atoms with Crippen LogP contribution in [0, 0.1) is 13.8 Å². The number of aryl methyl sites for hydroxylation is 4. The van der Waals surface area contributed by atoms with Crippen LogP contribution in [0.2, 0.25) is 0 Å². The molecule has 2 aromatic heterocycles. The molecule has 0 bridgehead atoms. The van der Waals surface area contributed by atoms with Crippen LogP contribution in [0.1, 0.15) is 16.0 Å². The topological polar surface area (TPSA) is 44.1 Å². The van der Waals surface area contributed by atoms with Gasteiger partial charge in [-0.3, -0.25) is 9.36 Å². The van der Waals surface area contributed by atoms with Crippen LogP contribution in [-0.4, -0.2) is 16.7 Å². The SMILES string of the molecule is COc1ccc(CCn2cnc3sc(C)c(C)c3c2=O)cc1. The third-order valence-electron chi connectivity index (χ3n) is 3.96. The third kappa shape index (κ3) is 2.64. The van der Waals surface area contributed by atoms with E-state index in [9.17, 15) is 4.79 Å². The van der Waals surface area contributed by atoms with Gasteiger partial charge in [-0.15, -0.1) is 11.3 Å². The van der Waals surface area contributed by atoms with Crippen LogP contribution in [0.25, 0.3) is 10.2 Å². The molecule has 0 saturated heterocycles. The maximum absolute atomic E-state index is 12.6. The van der Waals surface area contributed by atoms with E-state index >= 15 is 0 Å². The van der Waals surface area contributed by atoms with Crippen LogP contribution in [0.15, 0.2) is 35.4 Å². The molecule has 0 saturated carbocycles. The summed E-state index contributed by atoms with van der Waals surface area (Å²) in [6, 6.07) is 7.92. The van der Waals surface area contributed by atoms with Crippen LogP contribution in [0.4, 0.5) is 0 Å². The molecule has 3 aromatic rings. The summed E-state index contributed by atoms with van der Waals surface area (Å²) in [5.41, 5.74) is 2.28. The number of nitrogens with zero attached hydrogens (tertiary/aromatic N) is 2. The summed E-state index contributed by atoms with van der Waals surface area (Å²) in [7, 11) is 1.65. The smallest absolute Gasteiger partial charge is 0.262 e. The average Bonchev–Trinajstić information content (AvgIpc) is 2.83. The highest BCUT2D eigenvalue weighted by molar-refractivity contribution is 7.18. The molecule has 22 heavy (non-hydrogen) atoms. The number of hydrogen-bond acceptors (Lipinski definition) is 4. The Morgan fingerprint density at radius 1 is 1.23 bits per heavy atom. The van der Waals surface area contributed by atoms with Crippen LogP contribution in [-0.2, 0) is 13.0 Å². The standard InChI is InChI=1S/C17H18N2O2S/c1-11-12(2)22-16-15(11)17(20)19(10-18-16)9-8-13-4-6-14(21-3)7-5-13/h4-7,10H,8-9H2,1-3H3. The highest BCUT2D eigenvalue weighted by Crippen LogP contribution is 2.25. The minimum Gasteiger partial charge on any atom is -0.497 e. The van der Waals surface area contributed by atoms with Gasteiger partial charge in [0.25, 0.3) is 5.56 Å². The highest BCUT2D eigenvalue weighted by Gasteiger charge is 2.11. The Morgan fingerprint density at radius 2 is 1.95 bits per heavy atom. The highest BCUT2D eigenvalue weighted by atomic mass is 32.1. The molecule has 0 unspecified atom stereocenters. The number of benzene rings is 1. The van der Waals surface area contributed by atoms with Crippen molar-refractivity contribution in [2.24, 2.45) is 0 Å². The van der Waals surface area contributed by atoms with E-state index in [1.807, 2.05) is 38.1 Å². The molecular weight excluding hydrogens is 296 g/mol. The second-order valence-electron chi connectivity index (χ2n) is 5.30. The summed E-state index contributed by atoms with van der Waals surface area (Å²) in [5.74, 6) is 0.841. The number of rotatable bonds is 4. The van der Waals surface area contributed by atoms with Crippen molar-refractivity contribution in [2.45, 2.75) is 26.8 Å². The van der Waals surface area contributed by atoms with E-state index in [1.165, 1.54) is 5.56 Å². The van der Waals surface area contributed by atoms with Gasteiger partial charge in [0.15, 0.2) is 0 Å². The zero-order chi connectivity index (χ0) is 15.7. The Bertz CT molecular complexity index is 863. The number of aromatic nitrogens is 2. The molecule has 4 nitrogen and oxygen atoms in total. The zero-order valence-electron chi connectivity index (χ0n) is 12.9. The Morgan fingerprint density at radius 3 is 2.64 bits per heavy atom. The minimum atomic E-state index is 0.0559. The van der Waals surface area contributed by atoms with Crippen molar-refractivity contribution in [3.8, 4) is 5.75 Å². The van der Waals surface area contributed by atoms with Crippen molar-refractivity contribution in [1.82, 2.24) is 9.55 Å². The fraction of sp³-hybridized carbons (Fsp3) is 0.294. The lowest BCUT2D eigenvalue weighted by atomic mass is 10.1. The molecule has 3 rings (SSSR count). The summed E-state index contributed by atoms with van der Waals surface area (Å²) in [5, 5.41) is 0.764. The number of fused-ring (bicyclic) bond motifs is 1. The van der Waals surface area contributed by atoms with E-state index in [2.05, 4.69) is 4.98 Å². The second kappa shape index (κ2) is 5.93. The molecule has 2 heterocycles.